The molecule has 0 aliphatic carbocycles. The van der Waals surface area contributed by atoms with Gasteiger partial charge >= 0.3 is 0 Å². The van der Waals surface area contributed by atoms with Gasteiger partial charge in [-0.2, -0.15) is 5.10 Å². The number of aromatic nitrogens is 2. The van der Waals surface area contributed by atoms with Crippen LogP contribution in [0.3, 0.4) is 0 Å². The molecule has 2 aromatic rings. The number of aromatic amines is 1. The van der Waals surface area contributed by atoms with Gasteiger partial charge in [-0.1, -0.05) is 6.07 Å². The minimum Gasteiger partial charge on any atom is -0.332 e. The molecule has 0 aliphatic rings. The smallest absolute Gasteiger partial charge is 0.264 e. The minimum absolute atomic E-state index is 0.000787. The first kappa shape index (κ1) is 14.3. The van der Waals surface area contributed by atoms with Crippen LogP contribution in [-0.4, -0.2) is 40.5 Å². The van der Waals surface area contributed by atoms with Crippen LogP contribution >= 0.6 is 11.3 Å². The van der Waals surface area contributed by atoms with Gasteiger partial charge in [0.1, 0.15) is 0 Å². The van der Waals surface area contributed by atoms with Gasteiger partial charge in [-0.3, -0.25) is 14.7 Å². The van der Waals surface area contributed by atoms with Crippen LogP contribution in [0.2, 0.25) is 0 Å². The molecule has 20 heavy (non-hydrogen) atoms. The lowest BCUT2D eigenvalue weighted by Gasteiger charge is -2.15. The van der Waals surface area contributed by atoms with Crippen LogP contribution in [0.4, 0.5) is 5.69 Å². The number of H-pyrrole nitrogens is 1. The summed E-state index contributed by atoms with van der Waals surface area (Å²) in [6, 6.07) is 3.55. The van der Waals surface area contributed by atoms with E-state index < -0.39 is 0 Å². The van der Waals surface area contributed by atoms with Gasteiger partial charge in [0.2, 0.25) is 5.91 Å². The van der Waals surface area contributed by atoms with E-state index in [1.807, 2.05) is 18.4 Å². The third-order valence-corrected chi connectivity index (χ3v) is 3.71. The standard InChI is InChI=1S/C13H16N4O2S/c1-8-12(9(2)16-15-8)14-11(18)7-17(3)13(19)10-5-4-6-20-10/h4-6H,7H2,1-3H3,(H,14,18)(H,15,16). The Kier molecular flexibility index (Phi) is 4.19. The van der Waals surface area contributed by atoms with E-state index in [0.29, 0.717) is 10.6 Å². The molecule has 2 amide bonds. The zero-order chi connectivity index (χ0) is 14.7. The highest BCUT2D eigenvalue weighted by atomic mass is 32.1. The summed E-state index contributed by atoms with van der Waals surface area (Å²) in [5.41, 5.74) is 2.19. The number of rotatable bonds is 4. The summed E-state index contributed by atoms with van der Waals surface area (Å²) in [7, 11) is 1.61. The Morgan fingerprint density at radius 2 is 2.20 bits per heavy atom. The summed E-state index contributed by atoms with van der Waals surface area (Å²) in [6.07, 6.45) is 0. The predicted molar refractivity (Wildman–Crippen MR) is 78.0 cm³/mol. The molecule has 0 aromatic carbocycles. The topological polar surface area (TPSA) is 78.1 Å². The Labute approximate surface area is 120 Å². The summed E-state index contributed by atoms with van der Waals surface area (Å²) in [5, 5.41) is 11.4. The number of nitrogens with zero attached hydrogens (tertiary/aromatic N) is 2. The van der Waals surface area contributed by atoms with Crippen LogP contribution in [0.25, 0.3) is 0 Å². The quantitative estimate of drug-likeness (QED) is 0.902. The van der Waals surface area contributed by atoms with Gasteiger partial charge in [0.25, 0.3) is 5.91 Å². The third-order valence-electron chi connectivity index (χ3n) is 2.85. The van der Waals surface area contributed by atoms with E-state index in [0.717, 1.165) is 11.4 Å². The molecule has 2 heterocycles. The number of anilines is 1. The van der Waals surface area contributed by atoms with Gasteiger partial charge in [0, 0.05) is 7.05 Å². The van der Waals surface area contributed by atoms with Crippen molar-refractivity contribution in [3.63, 3.8) is 0 Å². The molecule has 7 heteroatoms. The maximum atomic E-state index is 12.0. The number of hydrogen-bond donors (Lipinski definition) is 2. The predicted octanol–water partition coefficient (Wildman–Crippen LogP) is 1.80. The van der Waals surface area contributed by atoms with Crippen molar-refractivity contribution in [3.05, 3.63) is 33.8 Å². The van der Waals surface area contributed by atoms with Crippen molar-refractivity contribution >= 4 is 28.8 Å². The molecular weight excluding hydrogens is 276 g/mol. The molecule has 0 spiro atoms. The first-order valence-corrected chi connectivity index (χ1v) is 6.97. The Hall–Kier alpha value is -2.15. The highest BCUT2D eigenvalue weighted by molar-refractivity contribution is 7.12. The molecule has 0 aliphatic heterocycles. The zero-order valence-electron chi connectivity index (χ0n) is 11.6. The average molecular weight is 292 g/mol. The van der Waals surface area contributed by atoms with Crippen molar-refractivity contribution in [1.82, 2.24) is 15.1 Å². The molecule has 2 rings (SSSR count). The fraction of sp³-hybridized carbons (Fsp3) is 0.308. The lowest BCUT2D eigenvalue weighted by molar-refractivity contribution is -0.116. The first-order valence-electron chi connectivity index (χ1n) is 6.09. The van der Waals surface area contributed by atoms with E-state index in [1.54, 1.807) is 20.0 Å². The Morgan fingerprint density at radius 1 is 1.45 bits per heavy atom. The van der Waals surface area contributed by atoms with Crippen molar-refractivity contribution < 1.29 is 9.59 Å². The highest BCUT2D eigenvalue weighted by Gasteiger charge is 2.17. The van der Waals surface area contributed by atoms with E-state index in [4.69, 9.17) is 0 Å². The van der Waals surface area contributed by atoms with Gasteiger partial charge in [0.15, 0.2) is 0 Å². The van der Waals surface area contributed by atoms with E-state index in [1.165, 1.54) is 16.2 Å². The van der Waals surface area contributed by atoms with Crippen LogP contribution in [-0.2, 0) is 4.79 Å². The van der Waals surface area contributed by atoms with E-state index >= 15 is 0 Å². The lowest BCUT2D eigenvalue weighted by Crippen LogP contribution is -2.34. The molecule has 0 atom stereocenters. The van der Waals surface area contributed by atoms with Gasteiger partial charge in [-0.25, -0.2) is 0 Å². The van der Waals surface area contributed by atoms with Gasteiger partial charge in [0.05, 0.1) is 28.5 Å². The fourth-order valence-corrected chi connectivity index (χ4v) is 2.51. The molecule has 0 unspecified atom stereocenters. The second kappa shape index (κ2) is 5.87. The monoisotopic (exact) mass is 292 g/mol. The lowest BCUT2D eigenvalue weighted by atomic mass is 10.3. The molecule has 0 bridgehead atoms. The van der Waals surface area contributed by atoms with Crippen molar-refractivity contribution in [3.8, 4) is 0 Å². The SMILES string of the molecule is Cc1n[nH]c(C)c1NC(=O)CN(C)C(=O)c1cccs1. The normalized spacial score (nSPS) is 10.3. The maximum Gasteiger partial charge on any atom is 0.264 e. The van der Waals surface area contributed by atoms with Crippen molar-refractivity contribution in [2.24, 2.45) is 0 Å². The van der Waals surface area contributed by atoms with Gasteiger partial charge in [-0.05, 0) is 25.3 Å². The summed E-state index contributed by atoms with van der Waals surface area (Å²) in [5.74, 6) is -0.402. The molecule has 0 radical (unpaired) electrons. The third kappa shape index (κ3) is 3.05. The highest BCUT2D eigenvalue weighted by Crippen LogP contribution is 2.16. The number of likely N-dealkylation sites (N-methyl/N-ethyl adjacent to an activating group) is 1. The van der Waals surface area contributed by atoms with Crippen molar-refractivity contribution in [1.29, 1.82) is 0 Å². The fourth-order valence-electron chi connectivity index (χ4n) is 1.79. The number of thiophene rings is 1. The van der Waals surface area contributed by atoms with Crippen molar-refractivity contribution in [2.45, 2.75) is 13.8 Å². The van der Waals surface area contributed by atoms with Crippen LogP contribution in [0, 0.1) is 13.8 Å². The number of carbonyl (C=O) groups is 2. The first-order chi connectivity index (χ1) is 9.49. The second-order valence-corrected chi connectivity index (χ2v) is 5.44. The molecule has 6 nitrogen and oxygen atoms in total. The number of aryl methyl sites for hydroxylation is 2. The maximum absolute atomic E-state index is 12.0. The zero-order valence-corrected chi connectivity index (χ0v) is 12.4. The summed E-state index contributed by atoms with van der Waals surface area (Å²) in [4.78, 5) is 26.0. The van der Waals surface area contributed by atoms with E-state index in [-0.39, 0.29) is 18.4 Å². The summed E-state index contributed by atoms with van der Waals surface area (Å²) >= 11 is 1.36. The van der Waals surface area contributed by atoms with Crippen molar-refractivity contribution in [2.75, 3.05) is 18.9 Å². The molecule has 2 N–H and O–H groups in total. The van der Waals surface area contributed by atoms with Crippen LogP contribution in [0.15, 0.2) is 17.5 Å². The molecule has 0 saturated carbocycles. The summed E-state index contributed by atoms with van der Waals surface area (Å²) < 4.78 is 0. The Morgan fingerprint density at radius 3 is 2.75 bits per heavy atom. The van der Waals surface area contributed by atoms with Gasteiger partial charge < -0.3 is 10.2 Å². The number of carbonyl (C=O) groups excluding carboxylic acids is 2. The molecule has 0 fully saturated rings. The Bertz CT molecular complexity index is 599. The largest absolute Gasteiger partial charge is 0.332 e. The summed E-state index contributed by atoms with van der Waals surface area (Å²) in [6.45, 7) is 3.64. The molecule has 106 valence electrons. The number of hydrogen-bond acceptors (Lipinski definition) is 4. The number of nitrogens with one attached hydrogen (secondary N) is 2. The van der Waals surface area contributed by atoms with Gasteiger partial charge in [-0.15, -0.1) is 11.3 Å². The molecule has 2 aromatic heterocycles. The number of amides is 2. The minimum atomic E-state index is -0.245. The van der Waals surface area contributed by atoms with E-state index in [9.17, 15) is 9.59 Å². The van der Waals surface area contributed by atoms with Crippen LogP contribution < -0.4 is 5.32 Å². The second-order valence-electron chi connectivity index (χ2n) is 4.50. The van der Waals surface area contributed by atoms with Crippen LogP contribution in [0.1, 0.15) is 21.1 Å². The van der Waals surface area contributed by atoms with Crippen LogP contribution in [0.5, 0.6) is 0 Å². The molecular formula is C13H16N4O2S. The molecule has 0 saturated heterocycles. The Balaban J connectivity index is 1.96. The average Bonchev–Trinajstić information content (AvgIpc) is 3.03. The van der Waals surface area contributed by atoms with E-state index in [2.05, 4.69) is 15.5 Å².